The minimum Gasteiger partial charge on any atom is -0.462 e. The molecule has 0 atom stereocenters. The van der Waals surface area contributed by atoms with Crippen LogP contribution >= 0.6 is 0 Å². The second-order valence-corrected chi connectivity index (χ2v) is 5.71. The van der Waals surface area contributed by atoms with Gasteiger partial charge in [-0.05, 0) is 39.8 Å². The molecular formula is C20H21FN2O6. The first-order valence-corrected chi connectivity index (χ1v) is 8.86. The van der Waals surface area contributed by atoms with E-state index in [9.17, 15) is 14.0 Å². The van der Waals surface area contributed by atoms with Gasteiger partial charge in [-0.1, -0.05) is 22.4 Å². The van der Waals surface area contributed by atoms with E-state index in [1.165, 1.54) is 18.3 Å². The molecule has 8 nitrogen and oxygen atoms in total. The van der Waals surface area contributed by atoms with Gasteiger partial charge in [0, 0.05) is 5.56 Å². The molecule has 0 saturated carbocycles. The Labute approximate surface area is 166 Å². The molecule has 0 amide bonds. The van der Waals surface area contributed by atoms with Crippen molar-refractivity contribution in [2.75, 3.05) is 13.2 Å². The molecule has 1 aromatic carbocycles. The molecule has 0 fully saturated rings. The van der Waals surface area contributed by atoms with Gasteiger partial charge in [0.1, 0.15) is 34.2 Å². The number of aromatic nitrogens is 2. The molecule has 154 valence electrons. The molecule has 0 aliphatic rings. The first kappa shape index (κ1) is 21.8. The molecule has 3 rings (SSSR count). The van der Waals surface area contributed by atoms with E-state index in [1.54, 1.807) is 39.8 Å². The lowest BCUT2D eigenvalue weighted by Crippen LogP contribution is -2.06. The first-order valence-electron chi connectivity index (χ1n) is 8.86. The molecule has 0 saturated heterocycles. The van der Waals surface area contributed by atoms with Crippen molar-refractivity contribution in [2.24, 2.45) is 0 Å². The Bertz CT molecular complexity index is 979. The van der Waals surface area contributed by atoms with Crippen molar-refractivity contribution in [2.45, 2.75) is 27.7 Å². The maximum Gasteiger partial charge on any atom is 0.344 e. The molecule has 0 radical (unpaired) electrons. The van der Waals surface area contributed by atoms with Crippen molar-refractivity contribution in [1.29, 1.82) is 0 Å². The summed E-state index contributed by atoms with van der Waals surface area (Å²) in [5.74, 6) is -0.458. The number of ether oxygens (including phenoxy) is 2. The van der Waals surface area contributed by atoms with E-state index in [0.29, 0.717) is 34.9 Å². The zero-order valence-electron chi connectivity index (χ0n) is 16.5. The summed E-state index contributed by atoms with van der Waals surface area (Å²) in [6.45, 7) is 7.36. The maximum absolute atomic E-state index is 13.2. The lowest BCUT2D eigenvalue weighted by Gasteiger charge is -2.02. The number of nitrogens with zero attached hydrogens (tertiary/aromatic N) is 2. The van der Waals surface area contributed by atoms with Crippen LogP contribution in [0.1, 0.15) is 46.1 Å². The number of esters is 2. The van der Waals surface area contributed by atoms with Crippen molar-refractivity contribution >= 4 is 11.9 Å². The largest absolute Gasteiger partial charge is 0.462 e. The molecular weight excluding hydrogens is 383 g/mol. The minimum absolute atomic E-state index is 0.238. The van der Waals surface area contributed by atoms with Gasteiger partial charge in [-0.2, -0.15) is 0 Å². The molecule has 0 aliphatic heterocycles. The number of carbonyl (C=O) groups is 2. The lowest BCUT2D eigenvalue weighted by molar-refractivity contribution is 0.0515. The minimum atomic E-state index is -0.518. The van der Waals surface area contributed by atoms with Crippen molar-refractivity contribution in [3.63, 3.8) is 0 Å². The zero-order valence-corrected chi connectivity index (χ0v) is 16.5. The van der Waals surface area contributed by atoms with Crippen LogP contribution in [-0.2, 0) is 9.47 Å². The fourth-order valence-electron chi connectivity index (χ4n) is 2.35. The van der Waals surface area contributed by atoms with E-state index in [4.69, 9.17) is 14.0 Å². The second-order valence-electron chi connectivity index (χ2n) is 5.71. The van der Waals surface area contributed by atoms with E-state index in [1.807, 2.05) is 0 Å². The molecule has 0 unspecified atom stereocenters. The molecule has 9 heteroatoms. The Morgan fingerprint density at radius 1 is 1.03 bits per heavy atom. The molecule has 2 aromatic heterocycles. The molecule has 0 aliphatic carbocycles. The maximum atomic E-state index is 13.2. The summed E-state index contributed by atoms with van der Waals surface area (Å²) in [5, 5.41) is 7.24. The van der Waals surface area contributed by atoms with Crippen molar-refractivity contribution in [3.8, 4) is 11.3 Å². The van der Waals surface area contributed by atoms with Gasteiger partial charge in [-0.15, -0.1) is 0 Å². The highest BCUT2D eigenvalue weighted by molar-refractivity contribution is 5.97. The monoisotopic (exact) mass is 404 g/mol. The van der Waals surface area contributed by atoms with E-state index >= 15 is 0 Å². The Kier molecular flexibility index (Phi) is 7.64. The molecule has 29 heavy (non-hydrogen) atoms. The number of halogens is 1. The first-order chi connectivity index (χ1) is 13.9. The average Bonchev–Trinajstić information content (AvgIpc) is 3.28. The van der Waals surface area contributed by atoms with Gasteiger partial charge in [0.15, 0.2) is 0 Å². The SMILES string of the molecule is CCOC(=O)c1c(-c2cccc(F)c2)noc1C.CCOC(=O)c1cnoc1C. The van der Waals surface area contributed by atoms with E-state index in [-0.39, 0.29) is 18.1 Å². The van der Waals surface area contributed by atoms with Gasteiger partial charge in [0.25, 0.3) is 0 Å². The summed E-state index contributed by atoms with van der Waals surface area (Å²) in [6, 6.07) is 5.81. The molecule has 0 bridgehead atoms. The number of hydrogen-bond acceptors (Lipinski definition) is 8. The number of aryl methyl sites for hydroxylation is 2. The van der Waals surface area contributed by atoms with Crippen LogP contribution in [0.3, 0.4) is 0 Å². The van der Waals surface area contributed by atoms with Crippen molar-refractivity contribution in [1.82, 2.24) is 10.3 Å². The van der Waals surface area contributed by atoms with Crippen LogP contribution in [0, 0.1) is 19.7 Å². The summed E-state index contributed by atoms with van der Waals surface area (Å²) in [4.78, 5) is 22.8. The smallest absolute Gasteiger partial charge is 0.344 e. The van der Waals surface area contributed by atoms with Gasteiger partial charge in [0.05, 0.1) is 19.4 Å². The zero-order chi connectivity index (χ0) is 21.4. The molecule has 0 spiro atoms. The highest BCUT2D eigenvalue weighted by Gasteiger charge is 2.22. The number of hydrogen-bond donors (Lipinski definition) is 0. The number of benzene rings is 1. The fraction of sp³-hybridized carbons (Fsp3) is 0.300. The molecule has 0 N–H and O–H groups in total. The summed E-state index contributed by atoms with van der Waals surface area (Å²) >= 11 is 0. The van der Waals surface area contributed by atoms with Crippen LogP contribution in [0.2, 0.25) is 0 Å². The Morgan fingerprint density at radius 3 is 2.31 bits per heavy atom. The van der Waals surface area contributed by atoms with Gasteiger partial charge < -0.3 is 18.5 Å². The molecule has 2 heterocycles. The van der Waals surface area contributed by atoms with Gasteiger partial charge in [-0.25, -0.2) is 14.0 Å². The molecule has 3 aromatic rings. The van der Waals surface area contributed by atoms with Gasteiger partial charge in [-0.3, -0.25) is 0 Å². The predicted molar refractivity (Wildman–Crippen MR) is 99.8 cm³/mol. The van der Waals surface area contributed by atoms with Gasteiger partial charge >= 0.3 is 11.9 Å². The number of carbonyl (C=O) groups excluding carboxylic acids is 2. The van der Waals surface area contributed by atoms with Crippen LogP contribution in [-0.4, -0.2) is 35.5 Å². The van der Waals surface area contributed by atoms with Crippen LogP contribution in [0.15, 0.2) is 39.5 Å². The van der Waals surface area contributed by atoms with Gasteiger partial charge in [0.2, 0.25) is 0 Å². The highest BCUT2D eigenvalue weighted by atomic mass is 19.1. The third-order valence-corrected chi connectivity index (χ3v) is 3.69. The second kappa shape index (κ2) is 10.2. The topological polar surface area (TPSA) is 105 Å². The Hall–Kier alpha value is -3.49. The van der Waals surface area contributed by atoms with Crippen molar-refractivity contribution < 1.29 is 32.5 Å². The summed E-state index contributed by atoms with van der Waals surface area (Å²) < 4.78 is 32.5. The van der Waals surface area contributed by atoms with E-state index in [0.717, 1.165) is 0 Å². The number of rotatable bonds is 5. The quantitative estimate of drug-likeness (QED) is 0.585. The third kappa shape index (κ3) is 5.50. The van der Waals surface area contributed by atoms with E-state index in [2.05, 4.69) is 14.8 Å². The third-order valence-electron chi connectivity index (χ3n) is 3.69. The Balaban J connectivity index is 0.000000234. The standard InChI is InChI=1S/C13H12FNO3.C7H9NO3/c1-3-17-13(16)11-8(2)18-15-12(11)9-5-4-6-10(14)7-9;1-3-10-7(9)6-4-8-11-5(6)2/h4-7H,3H2,1-2H3;4H,3H2,1-2H3. The van der Waals surface area contributed by atoms with Crippen LogP contribution < -0.4 is 0 Å². The summed E-state index contributed by atoms with van der Waals surface area (Å²) in [5.41, 5.74) is 1.41. The predicted octanol–water partition coefficient (Wildman–Crippen LogP) is 4.13. The fourth-order valence-corrected chi connectivity index (χ4v) is 2.35. The van der Waals surface area contributed by atoms with Crippen LogP contribution in [0.5, 0.6) is 0 Å². The van der Waals surface area contributed by atoms with Crippen molar-refractivity contribution in [3.05, 3.63) is 58.9 Å². The Morgan fingerprint density at radius 2 is 1.72 bits per heavy atom. The van der Waals surface area contributed by atoms with Crippen LogP contribution in [0.4, 0.5) is 4.39 Å². The summed E-state index contributed by atoms with van der Waals surface area (Å²) in [7, 11) is 0. The lowest BCUT2D eigenvalue weighted by atomic mass is 10.1. The van der Waals surface area contributed by atoms with Crippen LogP contribution in [0.25, 0.3) is 11.3 Å². The summed E-state index contributed by atoms with van der Waals surface area (Å²) in [6.07, 6.45) is 1.35. The van der Waals surface area contributed by atoms with E-state index < -0.39 is 11.8 Å². The highest BCUT2D eigenvalue weighted by Crippen LogP contribution is 2.26. The normalized spacial score (nSPS) is 10.1. The average molecular weight is 404 g/mol.